The third kappa shape index (κ3) is 3.46. The molecule has 0 radical (unpaired) electrons. The Balaban J connectivity index is 2.06. The Morgan fingerprint density at radius 1 is 1.17 bits per heavy atom. The van der Waals surface area contributed by atoms with Crippen LogP contribution in [0, 0.1) is 17.0 Å². The third-order valence-electron chi connectivity index (χ3n) is 4.76. The smallest absolute Gasteiger partial charge is 0.272 e. The van der Waals surface area contributed by atoms with Gasteiger partial charge >= 0.3 is 0 Å². The molecule has 0 bridgehead atoms. The molecular weight excluding hydrogens is 378 g/mol. The van der Waals surface area contributed by atoms with Crippen molar-refractivity contribution in [3.63, 3.8) is 0 Å². The lowest BCUT2D eigenvalue weighted by molar-refractivity contribution is -0.385. The average molecular weight is 399 g/mol. The Morgan fingerprint density at radius 2 is 1.86 bits per heavy atom. The van der Waals surface area contributed by atoms with Crippen LogP contribution in [0.2, 0.25) is 0 Å². The number of benzene rings is 2. The quantitative estimate of drug-likeness (QED) is 0.564. The van der Waals surface area contributed by atoms with E-state index in [0.29, 0.717) is 28.2 Å². The molecule has 29 heavy (non-hydrogen) atoms. The Bertz CT molecular complexity index is 1020. The van der Waals surface area contributed by atoms with Gasteiger partial charge < -0.3 is 14.2 Å². The third-order valence-corrected chi connectivity index (χ3v) is 4.76. The Morgan fingerprint density at radius 3 is 2.45 bits per heavy atom. The molecule has 152 valence electrons. The number of nitrogens with zero attached hydrogens (tertiary/aromatic N) is 3. The monoisotopic (exact) mass is 399 g/mol. The number of methoxy groups -OCH3 is 2. The van der Waals surface area contributed by atoms with E-state index in [4.69, 9.17) is 14.2 Å². The highest BCUT2D eigenvalue weighted by atomic mass is 16.6. The number of aryl methyl sites for hydroxylation is 1. The molecule has 1 heterocycles. The predicted molar refractivity (Wildman–Crippen MR) is 105 cm³/mol. The van der Waals surface area contributed by atoms with Crippen LogP contribution in [0.25, 0.3) is 0 Å². The minimum atomic E-state index is -1.34. The minimum Gasteiger partial charge on any atom is -0.493 e. The van der Waals surface area contributed by atoms with Gasteiger partial charge in [0.25, 0.3) is 5.69 Å². The molecule has 1 aliphatic rings. The summed E-state index contributed by atoms with van der Waals surface area (Å²) in [5, 5.41) is 16.9. The first kappa shape index (κ1) is 20.1. The van der Waals surface area contributed by atoms with Gasteiger partial charge in [0.15, 0.2) is 11.5 Å². The fourth-order valence-electron chi connectivity index (χ4n) is 3.17. The van der Waals surface area contributed by atoms with Crippen LogP contribution in [0.5, 0.6) is 11.5 Å². The molecule has 0 spiro atoms. The van der Waals surface area contributed by atoms with Gasteiger partial charge in [0.1, 0.15) is 0 Å². The molecule has 1 amide bonds. The summed E-state index contributed by atoms with van der Waals surface area (Å²) in [6.45, 7) is 4.64. The van der Waals surface area contributed by atoms with Crippen LogP contribution >= 0.6 is 0 Å². The molecule has 0 N–H and O–H groups in total. The summed E-state index contributed by atoms with van der Waals surface area (Å²) < 4.78 is 16.6. The SMILES string of the molecule is COc1ccc(C2=NN(C(C)=O)[C@@](C)(c3ccc(C)c([N+](=O)[O-])c3)O2)cc1OC. The lowest BCUT2D eigenvalue weighted by Gasteiger charge is -2.31. The van der Waals surface area contributed by atoms with Crippen LogP contribution in [-0.4, -0.2) is 36.0 Å². The van der Waals surface area contributed by atoms with Crippen molar-refractivity contribution in [2.24, 2.45) is 5.10 Å². The van der Waals surface area contributed by atoms with E-state index in [2.05, 4.69) is 5.10 Å². The maximum Gasteiger partial charge on any atom is 0.272 e. The zero-order chi connectivity index (χ0) is 21.3. The highest BCUT2D eigenvalue weighted by Gasteiger charge is 2.45. The van der Waals surface area contributed by atoms with Gasteiger partial charge in [-0.05, 0) is 25.1 Å². The van der Waals surface area contributed by atoms with Crippen LogP contribution in [0.3, 0.4) is 0 Å². The Hall–Kier alpha value is -3.62. The van der Waals surface area contributed by atoms with Gasteiger partial charge in [-0.3, -0.25) is 14.9 Å². The van der Waals surface area contributed by atoms with Crippen molar-refractivity contribution in [2.75, 3.05) is 14.2 Å². The second-order valence-corrected chi connectivity index (χ2v) is 6.65. The van der Waals surface area contributed by atoms with E-state index in [-0.39, 0.29) is 17.5 Å². The highest BCUT2D eigenvalue weighted by Crippen LogP contribution is 2.39. The molecule has 1 aliphatic heterocycles. The van der Waals surface area contributed by atoms with Gasteiger partial charge in [0.05, 0.1) is 19.1 Å². The summed E-state index contributed by atoms with van der Waals surface area (Å²) in [4.78, 5) is 23.2. The first-order valence-corrected chi connectivity index (χ1v) is 8.77. The minimum absolute atomic E-state index is 0.0598. The van der Waals surface area contributed by atoms with Gasteiger partial charge in [0, 0.05) is 36.6 Å². The molecule has 0 saturated heterocycles. The van der Waals surface area contributed by atoms with Gasteiger partial charge in [-0.25, -0.2) is 0 Å². The van der Waals surface area contributed by atoms with E-state index >= 15 is 0 Å². The number of rotatable bonds is 5. The molecule has 3 rings (SSSR count). The number of nitro groups is 1. The van der Waals surface area contributed by atoms with Crippen molar-refractivity contribution in [1.82, 2.24) is 5.01 Å². The van der Waals surface area contributed by atoms with E-state index in [0.717, 1.165) is 0 Å². The van der Waals surface area contributed by atoms with Crippen molar-refractivity contribution in [3.8, 4) is 11.5 Å². The summed E-state index contributed by atoms with van der Waals surface area (Å²) >= 11 is 0. The van der Waals surface area contributed by atoms with Crippen molar-refractivity contribution < 1.29 is 23.9 Å². The van der Waals surface area contributed by atoms with E-state index in [9.17, 15) is 14.9 Å². The van der Waals surface area contributed by atoms with Crippen molar-refractivity contribution in [1.29, 1.82) is 0 Å². The molecule has 0 saturated carbocycles. The molecule has 2 aromatic carbocycles. The molecule has 0 aliphatic carbocycles. The molecule has 2 aromatic rings. The second kappa shape index (κ2) is 7.42. The van der Waals surface area contributed by atoms with Crippen LogP contribution < -0.4 is 9.47 Å². The summed E-state index contributed by atoms with van der Waals surface area (Å²) in [6.07, 6.45) is 0. The molecule has 1 atom stereocenters. The zero-order valence-electron chi connectivity index (χ0n) is 16.8. The molecule has 9 heteroatoms. The number of hydrogen-bond acceptors (Lipinski definition) is 7. The Labute approximate surface area is 167 Å². The summed E-state index contributed by atoms with van der Waals surface area (Å²) in [5.74, 6) is 0.832. The van der Waals surface area contributed by atoms with Gasteiger partial charge in [-0.1, -0.05) is 12.1 Å². The van der Waals surface area contributed by atoms with Crippen LogP contribution in [-0.2, 0) is 15.3 Å². The number of hydrogen-bond donors (Lipinski definition) is 0. The molecule has 0 aromatic heterocycles. The average Bonchev–Trinajstić information content (AvgIpc) is 3.06. The van der Waals surface area contributed by atoms with E-state index in [1.54, 1.807) is 44.2 Å². The first-order chi connectivity index (χ1) is 13.7. The maximum absolute atomic E-state index is 12.3. The summed E-state index contributed by atoms with van der Waals surface area (Å²) in [6, 6.07) is 9.81. The van der Waals surface area contributed by atoms with E-state index in [1.807, 2.05) is 0 Å². The van der Waals surface area contributed by atoms with Crippen LogP contribution in [0.4, 0.5) is 5.69 Å². The van der Waals surface area contributed by atoms with E-state index < -0.39 is 10.6 Å². The Kier molecular flexibility index (Phi) is 5.15. The highest BCUT2D eigenvalue weighted by molar-refractivity contribution is 5.97. The molecular formula is C20H21N3O6. The fraction of sp³-hybridized carbons (Fsp3) is 0.300. The molecule has 0 fully saturated rings. The number of carbonyl (C=O) groups excluding carboxylic acids is 1. The summed E-state index contributed by atoms with van der Waals surface area (Å²) in [7, 11) is 3.04. The van der Waals surface area contributed by atoms with Gasteiger partial charge in [0.2, 0.25) is 17.5 Å². The lowest BCUT2D eigenvalue weighted by atomic mass is 10.0. The molecule has 0 unspecified atom stereocenters. The number of ether oxygens (including phenoxy) is 3. The number of hydrazone groups is 1. The number of amides is 1. The van der Waals surface area contributed by atoms with Gasteiger partial charge in [-0.2, -0.15) is 5.01 Å². The normalized spacial score (nSPS) is 18.1. The predicted octanol–water partition coefficient (Wildman–Crippen LogP) is 3.33. The first-order valence-electron chi connectivity index (χ1n) is 8.77. The van der Waals surface area contributed by atoms with Crippen molar-refractivity contribution >= 4 is 17.5 Å². The number of carbonyl (C=O) groups is 1. The summed E-state index contributed by atoms with van der Waals surface area (Å²) in [5.41, 5.74) is 0.113. The number of nitro benzene ring substituents is 1. The largest absolute Gasteiger partial charge is 0.493 e. The topological polar surface area (TPSA) is 104 Å². The van der Waals surface area contributed by atoms with Crippen molar-refractivity contribution in [2.45, 2.75) is 26.5 Å². The van der Waals surface area contributed by atoms with Crippen LogP contribution in [0.15, 0.2) is 41.5 Å². The van der Waals surface area contributed by atoms with E-state index in [1.165, 1.54) is 32.2 Å². The lowest BCUT2D eigenvalue weighted by Crippen LogP contribution is -2.41. The maximum atomic E-state index is 12.3. The van der Waals surface area contributed by atoms with Crippen molar-refractivity contribution in [3.05, 3.63) is 63.2 Å². The standard InChI is InChI=1S/C20H21N3O6/c1-12-6-8-15(11-16(12)23(25)26)20(3)22(13(2)24)21-19(29-20)14-7-9-17(27-4)18(10-14)28-5/h6-11H,1-5H3/t20-/m1/s1. The fourth-order valence-corrected chi connectivity index (χ4v) is 3.17. The van der Waals surface area contributed by atoms with Crippen LogP contribution in [0.1, 0.15) is 30.5 Å². The zero-order valence-corrected chi connectivity index (χ0v) is 16.8. The molecule has 9 nitrogen and oxygen atoms in total. The second-order valence-electron chi connectivity index (χ2n) is 6.65. The van der Waals surface area contributed by atoms with Gasteiger partial charge in [-0.15, -0.1) is 5.10 Å².